The average molecular weight is 395 g/mol. The Hall–Kier alpha value is -2.60. The van der Waals surface area contributed by atoms with E-state index in [0.29, 0.717) is 17.5 Å². The summed E-state index contributed by atoms with van der Waals surface area (Å²) in [6.07, 6.45) is 2.10. The van der Waals surface area contributed by atoms with Crippen LogP contribution in [0.25, 0.3) is 10.9 Å². The molecule has 3 rings (SSSR count). The van der Waals surface area contributed by atoms with Crippen molar-refractivity contribution < 1.29 is 4.79 Å². The molecule has 28 heavy (non-hydrogen) atoms. The van der Waals surface area contributed by atoms with Crippen LogP contribution in [0, 0.1) is 0 Å². The van der Waals surface area contributed by atoms with Gasteiger partial charge >= 0.3 is 0 Å². The molecule has 0 aliphatic carbocycles. The van der Waals surface area contributed by atoms with E-state index < -0.39 is 0 Å². The molecule has 0 radical (unpaired) electrons. The lowest BCUT2D eigenvalue weighted by atomic mass is 10.2. The second-order valence-electron chi connectivity index (χ2n) is 6.67. The summed E-state index contributed by atoms with van der Waals surface area (Å²) in [5, 5.41) is 5.02. The molecule has 0 fully saturated rings. The van der Waals surface area contributed by atoms with Gasteiger partial charge in [0.25, 0.3) is 0 Å². The number of aromatic nitrogens is 2. The zero-order valence-electron chi connectivity index (χ0n) is 16.4. The average Bonchev–Trinajstić information content (AvgIpc) is 2.74. The Kier molecular flexibility index (Phi) is 7.25. The smallest absolute Gasteiger partial charge is 0.232 e. The first-order chi connectivity index (χ1) is 13.7. The number of anilines is 1. The quantitative estimate of drug-likeness (QED) is 0.425. The molecule has 0 saturated carbocycles. The third-order valence-electron chi connectivity index (χ3n) is 4.48. The lowest BCUT2D eigenvalue weighted by Crippen LogP contribution is -2.29. The third kappa shape index (κ3) is 5.45. The van der Waals surface area contributed by atoms with Gasteiger partial charge < -0.3 is 10.2 Å². The number of para-hydroxylation sites is 1. The van der Waals surface area contributed by atoms with Gasteiger partial charge in [0.05, 0.1) is 11.3 Å². The highest BCUT2D eigenvalue weighted by atomic mass is 32.2. The van der Waals surface area contributed by atoms with Crippen LogP contribution < -0.4 is 5.32 Å². The van der Waals surface area contributed by atoms with Crippen LogP contribution in [0.1, 0.15) is 25.3 Å². The monoisotopic (exact) mass is 394 g/mol. The van der Waals surface area contributed by atoms with Crippen molar-refractivity contribution in [3.63, 3.8) is 0 Å². The molecule has 6 heteroatoms. The molecule has 2 aromatic carbocycles. The van der Waals surface area contributed by atoms with Crippen molar-refractivity contribution in [2.75, 3.05) is 24.7 Å². The van der Waals surface area contributed by atoms with Crippen LogP contribution in [-0.2, 0) is 11.3 Å². The first-order valence-corrected chi connectivity index (χ1v) is 10.6. The number of nitrogens with one attached hydrogen (secondary N) is 1. The fraction of sp³-hybridized carbons (Fsp3) is 0.318. The third-order valence-corrected chi connectivity index (χ3v) is 5.32. The highest BCUT2D eigenvalue weighted by Crippen LogP contribution is 2.25. The van der Waals surface area contributed by atoms with E-state index in [-0.39, 0.29) is 5.91 Å². The van der Waals surface area contributed by atoms with E-state index in [9.17, 15) is 4.79 Å². The number of rotatable bonds is 9. The summed E-state index contributed by atoms with van der Waals surface area (Å²) >= 11 is 1.39. The molecule has 1 N–H and O–H groups in total. The lowest BCUT2D eigenvalue weighted by Gasteiger charge is -2.16. The molecule has 0 saturated heterocycles. The molecule has 0 aliphatic rings. The van der Waals surface area contributed by atoms with Crippen molar-refractivity contribution in [1.29, 1.82) is 0 Å². The minimum Gasteiger partial charge on any atom is -0.365 e. The van der Waals surface area contributed by atoms with Crippen LogP contribution in [-0.4, -0.2) is 40.1 Å². The summed E-state index contributed by atoms with van der Waals surface area (Å²) in [5.74, 6) is 1.24. The number of carbonyl (C=O) groups is 1. The van der Waals surface area contributed by atoms with E-state index in [1.807, 2.05) is 49.5 Å². The number of hydrogen-bond acceptors (Lipinski definition) is 5. The summed E-state index contributed by atoms with van der Waals surface area (Å²) in [7, 11) is 1.85. The standard InChI is InChI=1S/C22H26N4OS/c1-3-4-14-26(2)20(27)16-28-22-24-19-13-9-8-12-18(19)21(25-22)23-15-17-10-6-5-7-11-17/h5-13H,3-4,14-16H2,1-2H3,(H,23,24,25). The van der Waals surface area contributed by atoms with E-state index in [2.05, 4.69) is 34.3 Å². The Morgan fingerprint density at radius 1 is 1.07 bits per heavy atom. The van der Waals surface area contributed by atoms with Gasteiger partial charge in [0.1, 0.15) is 5.82 Å². The van der Waals surface area contributed by atoms with Gasteiger partial charge in [-0.15, -0.1) is 0 Å². The van der Waals surface area contributed by atoms with Crippen LogP contribution in [0.2, 0.25) is 0 Å². The second kappa shape index (κ2) is 10.1. The number of carbonyl (C=O) groups excluding carboxylic acids is 1. The maximum Gasteiger partial charge on any atom is 0.232 e. The number of thioether (sulfide) groups is 1. The van der Waals surface area contributed by atoms with Gasteiger partial charge in [0.2, 0.25) is 5.91 Å². The molecular weight excluding hydrogens is 368 g/mol. The first-order valence-electron chi connectivity index (χ1n) is 9.58. The summed E-state index contributed by atoms with van der Waals surface area (Å²) < 4.78 is 0. The number of benzene rings is 2. The molecule has 5 nitrogen and oxygen atoms in total. The van der Waals surface area contributed by atoms with Crippen LogP contribution in [0.5, 0.6) is 0 Å². The molecule has 0 atom stereocenters. The molecule has 0 spiro atoms. The fourth-order valence-corrected chi connectivity index (χ4v) is 3.58. The molecule has 1 aromatic heterocycles. The van der Waals surface area contributed by atoms with E-state index in [1.54, 1.807) is 4.90 Å². The Morgan fingerprint density at radius 3 is 2.61 bits per heavy atom. The number of amides is 1. The van der Waals surface area contributed by atoms with Crippen molar-refractivity contribution in [3.8, 4) is 0 Å². The molecule has 1 amide bonds. The SMILES string of the molecule is CCCCN(C)C(=O)CSc1nc(NCc2ccccc2)c2ccccc2n1. The molecule has 0 bridgehead atoms. The van der Waals surface area contributed by atoms with Crippen molar-refractivity contribution in [1.82, 2.24) is 14.9 Å². The first kappa shape index (κ1) is 20.1. The largest absolute Gasteiger partial charge is 0.365 e. The number of fused-ring (bicyclic) bond motifs is 1. The molecule has 0 unspecified atom stereocenters. The Bertz CT molecular complexity index is 917. The highest BCUT2D eigenvalue weighted by Gasteiger charge is 2.12. The highest BCUT2D eigenvalue weighted by molar-refractivity contribution is 7.99. The van der Waals surface area contributed by atoms with Crippen LogP contribution in [0.4, 0.5) is 5.82 Å². The normalized spacial score (nSPS) is 10.8. The van der Waals surface area contributed by atoms with E-state index in [4.69, 9.17) is 0 Å². The van der Waals surface area contributed by atoms with Gasteiger partial charge in [-0.3, -0.25) is 4.79 Å². The van der Waals surface area contributed by atoms with Crippen LogP contribution in [0.3, 0.4) is 0 Å². The predicted molar refractivity (Wildman–Crippen MR) is 117 cm³/mol. The van der Waals surface area contributed by atoms with Gasteiger partial charge in [-0.1, -0.05) is 67.6 Å². The predicted octanol–water partition coefficient (Wildman–Crippen LogP) is 4.59. The van der Waals surface area contributed by atoms with Gasteiger partial charge in [-0.05, 0) is 24.1 Å². The summed E-state index contributed by atoms with van der Waals surface area (Å²) in [6.45, 7) is 3.60. The maximum absolute atomic E-state index is 12.3. The van der Waals surface area contributed by atoms with Crippen molar-refractivity contribution in [3.05, 3.63) is 60.2 Å². The maximum atomic E-state index is 12.3. The van der Waals surface area contributed by atoms with Gasteiger partial charge in [-0.25, -0.2) is 9.97 Å². The molecular formula is C22H26N4OS. The zero-order chi connectivity index (χ0) is 19.8. The number of unbranched alkanes of at least 4 members (excludes halogenated alkanes) is 1. The molecule has 3 aromatic rings. The van der Waals surface area contributed by atoms with Crippen molar-refractivity contribution in [2.24, 2.45) is 0 Å². The summed E-state index contributed by atoms with van der Waals surface area (Å²) in [6, 6.07) is 18.2. The molecule has 0 aliphatic heterocycles. The minimum atomic E-state index is 0.106. The Labute approximate surface area is 170 Å². The van der Waals surface area contributed by atoms with E-state index in [0.717, 1.165) is 36.1 Å². The summed E-state index contributed by atoms with van der Waals surface area (Å²) in [4.78, 5) is 23.4. The van der Waals surface area contributed by atoms with Gasteiger partial charge in [0.15, 0.2) is 5.16 Å². The van der Waals surface area contributed by atoms with Crippen molar-refractivity contribution >= 4 is 34.4 Å². The topological polar surface area (TPSA) is 58.1 Å². The zero-order valence-corrected chi connectivity index (χ0v) is 17.2. The fourth-order valence-electron chi connectivity index (χ4n) is 2.79. The molecule has 1 heterocycles. The van der Waals surface area contributed by atoms with Gasteiger partial charge in [0, 0.05) is 25.5 Å². The molecule has 146 valence electrons. The Balaban J connectivity index is 1.73. The Morgan fingerprint density at radius 2 is 1.82 bits per heavy atom. The second-order valence-corrected chi connectivity index (χ2v) is 7.61. The van der Waals surface area contributed by atoms with Gasteiger partial charge in [-0.2, -0.15) is 0 Å². The van der Waals surface area contributed by atoms with E-state index >= 15 is 0 Å². The number of nitrogens with zero attached hydrogens (tertiary/aromatic N) is 3. The lowest BCUT2D eigenvalue weighted by molar-refractivity contribution is -0.127. The minimum absolute atomic E-state index is 0.106. The van der Waals surface area contributed by atoms with Crippen LogP contribution in [0.15, 0.2) is 59.8 Å². The number of hydrogen-bond donors (Lipinski definition) is 1. The van der Waals surface area contributed by atoms with Crippen LogP contribution >= 0.6 is 11.8 Å². The van der Waals surface area contributed by atoms with E-state index in [1.165, 1.54) is 17.3 Å². The summed E-state index contributed by atoms with van der Waals surface area (Å²) in [5.41, 5.74) is 2.06. The van der Waals surface area contributed by atoms with Crippen molar-refractivity contribution in [2.45, 2.75) is 31.5 Å².